The Hall–Kier alpha value is -2.81. The normalized spacial score (nSPS) is 19.3. The maximum atomic E-state index is 11.1. The van der Waals surface area contributed by atoms with Gasteiger partial charge in [-0.25, -0.2) is 0 Å². The van der Waals surface area contributed by atoms with Crippen molar-refractivity contribution in [1.29, 1.82) is 5.26 Å². The summed E-state index contributed by atoms with van der Waals surface area (Å²) in [4.78, 5) is 0. The zero-order valence-electron chi connectivity index (χ0n) is 26.6. The van der Waals surface area contributed by atoms with E-state index < -0.39 is 22.2 Å². The summed E-state index contributed by atoms with van der Waals surface area (Å²) < 4.78 is 16.0. The first kappa shape index (κ1) is 32.6. The predicted molar refractivity (Wildman–Crippen MR) is 196 cm³/mol. The largest absolute Gasteiger partial charge is 0.401 e. The number of hydrogen-bond donors (Lipinski definition) is 0. The van der Waals surface area contributed by atoms with Crippen LogP contribution in [-0.2, 0) is 8.85 Å². The van der Waals surface area contributed by atoms with Crippen LogP contribution in [0.25, 0.3) is 0 Å². The van der Waals surface area contributed by atoms with Crippen LogP contribution in [-0.4, -0.2) is 28.3 Å². The minimum absolute atomic E-state index is 0.175. The first-order chi connectivity index (χ1) is 20.9. The fraction of sp³-hybridized carbons (Fsp3) is 0.289. The Morgan fingerprint density at radius 1 is 0.636 bits per heavy atom. The summed E-state index contributed by atoms with van der Waals surface area (Å²) in [5.41, 5.74) is -1.14. The summed E-state index contributed by atoms with van der Waals surface area (Å²) in [6, 6.07) is 45.2. The van der Waals surface area contributed by atoms with Crippen LogP contribution < -0.4 is 20.7 Å². The molecule has 44 heavy (non-hydrogen) atoms. The van der Waals surface area contributed by atoms with E-state index in [9.17, 15) is 5.26 Å². The molecule has 0 bridgehead atoms. The number of hydrogen-bond acceptors (Lipinski definition) is 3. The fourth-order valence-electron chi connectivity index (χ4n) is 6.85. The van der Waals surface area contributed by atoms with Gasteiger partial charge in [0.25, 0.3) is 16.6 Å². The molecule has 0 spiro atoms. The molecule has 0 amide bonds. The average molecular weight is 728 g/mol. The molecule has 6 heteroatoms. The van der Waals surface area contributed by atoms with Gasteiger partial charge in [0.05, 0.1) is 6.10 Å². The minimum atomic E-state index is -3.01. The highest BCUT2D eigenvalue weighted by Gasteiger charge is 2.59. The molecule has 0 N–H and O–H groups in total. The van der Waals surface area contributed by atoms with Crippen LogP contribution in [0.4, 0.5) is 0 Å². The Morgan fingerprint density at radius 2 is 0.977 bits per heavy atom. The van der Waals surface area contributed by atoms with Crippen LogP contribution in [0.1, 0.15) is 48.0 Å². The van der Waals surface area contributed by atoms with Gasteiger partial charge >= 0.3 is 0 Å². The van der Waals surface area contributed by atoms with E-state index in [2.05, 4.69) is 185 Å². The van der Waals surface area contributed by atoms with Gasteiger partial charge in [-0.05, 0) is 59.5 Å². The molecule has 0 heterocycles. The van der Waals surface area contributed by atoms with E-state index >= 15 is 0 Å². The minimum Gasteiger partial charge on any atom is -0.401 e. The van der Waals surface area contributed by atoms with Crippen molar-refractivity contribution >= 4 is 60.0 Å². The lowest BCUT2D eigenvalue weighted by atomic mass is 10.1. The van der Waals surface area contributed by atoms with Crippen molar-refractivity contribution < 1.29 is 8.85 Å². The molecule has 5 rings (SSSR count). The lowest BCUT2D eigenvalue weighted by molar-refractivity contribution is 0.119. The van der Waals surface area contributed by atoms with Crippen LogP contribution in [0.5, 0.6) is 0 Å². The molecule has 0 aromatic heterocycles. The third-order valence-corrected chi connectivity index (χ3v) is 20.2. The van der Waals surface area contributed by atoms with E-state index in [1.54, 1.807) is 0 Å². The first-order valence-electron chi connectivity index (χ1n) is 15.3. The van der Waals surface area contributed by atoms with Crippen LogP contribution >= 0.6 is 22.6 Å². The Balaban J connectivity index is 1.64. The number of nitrogens with zero attached hydrogens (tertiary/aromatic N) is 1. The highest BCUT2D eigenvalue weighted by atomic mass is 127. The molecule has 4 aromatic carbocycles. The monoisotopic (exact) mass is 727 g/mol. The second kappa shape index (κ2) is 12.5. The molecule has 0 saturated carbocycles. The maximum absolute atomic E-state index is 11.1. The SMILES string of the molecule is CC(C)(C)[Si](O[C@@H]1C=C(I)[C@](C#N)(O[Si](c2ccccc2)(c2ccccc2)C(C)(C)C)C1)(c1ccccc1)c1ccccc1. The number of rotatable bonds is 8. The Morgan fingerprint density at radius 3 is 1.30 bits per heavy atom. The lowest BCUT2D eigenvalue weighted by Gasteiger charge is -2.47. The van der Waals surface area contributed by atoms with Gasteiger partial charge in [-0.2, -0.15) is 5.26 Å². The van der Waals surface area contributed by atoms with Crippen molar-refractivity contribution in [3.63, 3.8) is 0 Å². The van der Waals surface area contributed by atoms with Crippen molar-refractivity contribution in [2.24, 2.45) is 0 Å². The third kappa shape index (κ3) is 5.70. The molecule has 0 aliphatic heterocycles. The summed E-state index contributed by atoms with van der Waals surface area (Å²) in [6.45, 7) is 13.6. The van der Waals surface area contributed by atoms with Crippen LogP contribution in [0.2, 0.25) is 10.1 Å². The van der Waals surface area contributed by atoms with Gasteiger partial charge in [-0.15, -0.1) is 0 Å². The van der Waals surface area contributed by atoms with Crippen molar-refractivity contribution in [1.82, 2.24) is 0 Å². The molecule has 0 radical (unpaired) electrons. The topological polar surface area (TPSA) is 42.2 Å². The molecule has 3 nitrogen and oxygen atoms in total. The van der Waals surface area contributed by atoms with E-state index in [1.165, 1.54) is 10.4 Å². The quantitative estimate of drug-likeness (QED) is 0.140. The van der Waals surface area contributed by atoms with E-state index in [4.69, 9.17) is 8.85 Å². The summed E-state index contributed by atoms with van der Waals surface area (Å²) in [5, 5.41) is 15.4. The standard InChI is InChI=1S/C38H42INO2Si2/c1-36(2,3)43(31-19-11-7-12-20-31,32-21-13-8-14-22-32)41-30-27-35(39)38(28-30,29-40)42-44(37(4,5)6,33-23-15-9-16-24-33)34-25-17-10-18-26-34/h7-27,30H,28H2,1-6H3/t30-,38+/m1/s1. The molecule has 4 aromatic rings. The molecular formula is C38H42INO2Si2. The molecular weight excluding hydrogens is 685 g/mol. The third-order valence-electron chi connectivity index (χ3n) is 8.88. The number of halogens is 1. The second-order valence-corrected chi connectivity index (χ2v) is 23.4. The summed E-state index contributed by atoms with van der Waals surface area (Å²) >= 11 is 2.34. The van der Waals surface area contributed by atoms with Gasteiger partial charge in [-0.1, -0.05) is 163 Å². The van der Waals surface area contributed by atoms with Gasteiger partial charge in [-0.3, -0.25) is 0 Å². The summed E-state index contributed by atoms with van der Waals surface area (Å²) in [7, 11) is -5.86. The zero-order valence-corrected chi connectivity index (χ0v) is 30.7. The first-order valence-corrected chi connectivity index (χ1v) is 20.2. The molecule has 0 fully saturated rings. The zero-order chi connectivity index (χ0) is 31.6. The van der Waals surface area contributed by atoms with E-state index in [0.29, 0.717) is 6.42 Å². The van der Waals surface area contributed by atoms with E-state index in [1.807, 2.05) is 12.1 Å². The maximum Gasteiger partial charge on any atom is 0.263 e. The lowest BCUT2D eigenvalue weighted by Crippen LogP contribution is -2.69. The van der Waals surface area contributed by atoms with Gasteiger partial charge in [0, 0.05) is 10.0 Å². The smallest absolute Gasteiger partial charge is 0.263 e. The average Bonchev–Trinajstić information content (AvgIpc) is 3.33. The van der Waals surface area contributed by atoms with Crippen molar-refractivity contribution in [3.8, 4) is 6.07 Å². The number of benzene rings is 4. The molecule has 1 aliphatic carbocycles. The van der Waals surface area contributed by atoms with Crippen LogP contribution in [0.15, 0.2) is 131 Å². The Labute approximate surface area is 279 Å². The van der Waals surface area contributed by atoms with Gasteiger partial charge < -0.3 is 8.85 Å². The number of nitriles is 1. The summed E-state index contributed by atoms with van der Waals surface area (Å²) in [5.74, 6) is 0. The van der Waals surface area contributed by atoms with Gasteiger partial charge in [0.2, 0.25) is 0 Å². The van der Waals surface area contributed by atoms with Gasteiger partial charge in [0.1, 0.15) is 6.07 Å². The molecule has 2 atom stereocenters. The van der Waals surface area contributed by atoms with Crippen molar-refractivity contribution in [3.05, 3.63) is 131 Å². The fourth-order valence-corrected chi connectivity index (χ4v) is 17.2. The molecule has 226 valence electrons. The van der Waals surface area contributed by atoms with E-state index in [0.717, 1.165) is 14.0 Å². The molecule has 0 saturated heterocycles. The Kier molecular flexibility index (Phi) is 9.28. The highest BCUT2D eigenvalue weighted by Crippen LogP contribution is 2.48. The Bertz CT molecular complexity index is 1550. The molecule has 1 aliphatic rings. The van der Waals surface area contributed by atoms with Crippen molar-refractivity contribution in [2.75, 3.05) is 0 Å². The second-order valence-electron chi connectivity index (χ2n) is 13.7. The van der Waals surface area contributed by atoms with Crippen molar-refractivity contribution in [2.45, 2.75) is 69.7 Å². The predicted octanol–water partition coefficient (Wildman–Crippen LogP) is 7.49. The van der Waals surface area contributed by atoms with Crippen LogP contribution in [0.3, 0.4) is 0 Å². The van der Waals surface area contributed by atoms with Crippen LogP contribution in [0, 0.1) is 11.3 Å². The van der Waals surface area contributed by atoms with E-state index in [-0.39, 0.29) is 16.2 Å². The molecule has 0 unspecified atom stereocenters. The van der Waals surface area contributed by atoms with Gasteiger partial charge in [0.15, 0.2) is 5.60 Å². The summed E-state index contributed by atoms with van der Waals surface area (Å²) in [6.07, 6.45) is 2.31. The highest BCUT2D eigenvalue weighted by molar-refractivity contribution is 14.1.